The van der Waals surface area contributed by atoms with E-state index >= 15 is 0 Å². The van der Waals surface area contributed by atoms with Gasteiger partial charge in [0.05, 0.1) is 11.3 Å². The van der Waals surface area contributed by atoms with Crippen molar-refractivity contribution in [2.45, 2.75) is 88.7 Å². The molecule has 1 saturated heterocycles. The Morgan fingerprint density at radius 3 is 2.66 bits per heavy atom. The molecule has 6 heteroatoms. The summed E-state index contributed by atoms with van der Waals surface area (Å²) in [5, 5.41) is 8.76. The molecule has 32 heavy (non-hydrogen) atoms. The number of nitrogens with zero attached hydrogens (tertiary/aromatic N) is 4. The first-order valence-corrected chi connectivity index (χ1v) is 12.2. The van der Waals surface area contributed by atoms with Crippen LogP contribution in [-0.2, 0) is 16.6 Å². The highest BCUT2D eigenvalue weighted by atomic mass is 16.5. The van der Waals surface area contributed by atoms with Crippen molar-refractivity contribution in [1.29, 1.82) is 0 Å². The highest BCUT2D eigenvalue weighted by Crippen LogP contribution is 2.48. The van der Waals surface area contributed by atoms with Crippen molar-refractivity contribution >= 4 is 5.78 Å². The van der Waals surface area contributed by atoms with Crippen LogP contribution in [0.4, 0.5) is 0 Å². The Morgan fingerprint density at radius 2 is 1.88 bits per heavy atom. The first-order valence-electron chi connectivity index (χ1n) is 12.2. The summed E-state index contributed by atoms with van der Waals surface area (Å²) < 4.78 is 10.0. The van der Waals surface area contributed by atoms with Crippen LogP contribution in [0.5, 0.6) is 0 Å². The fourth-order valence-corrected chi connectivity index (χ4v) is 6.67. The van der Waals surface area contributed by atoms with Crippen LogP contribution < -0.4 is 5.56 Å². The molecule has 1 spiro atoms. The molecule has 2 aromatic heterocycles. The van der Waals surface area contributed by atoms with Crippen LogP contribution in [0.1, 0.15) is 82.4 Å². The number of aromatic nitrogens is 4. The molecule has 1 saturated carbocycles. The molecule has 1 unspecified atom stereocenters. The molecular formula is C26H32N4O2. The van der Waals surface area contributed by atoms with E-state index in [1.54, 1.807) is 6.33 Å². The molecule has 3 aromatic rings. The zero-order valence-electron chi connectivity index (χ0n) is 19.1. The van der Waals surface area contributed by atoms with Gasteiger partial charge in [-0.25, -0.2) is 0 Å². The summed E-state index contributed by atoms with van der Waals surface area (Å²) >= 11 is 0. The Labute approximate surface area is 188 Å². The van der Waals surface area contributed by atoms with Crippen molar-refractivity contribution in [2.75, 3.05) is 6.61 Å². The largest absolute Gasteiger partial charge is 0.375 e. The van der Waals surface area contributed by atoms with Crippen molar-refractivity contribution in [1.82, 2.24) is 19.2 Å². The maximum atomic E-state index is 14.5. The first kappa shape index (κ1) is 20.2. The third-order valence-electron chi connectivity index (χ3n) is 8.08. The Hall–Kier alpha value is -2.47. The summed E-state index contributed by atoms with van der Waals surface area (Å²) in [7, 11) is 0. The third kappa shape index (κ3) is 2.99. The Morgan fingerprint density at radius 1 is 1.09 bits per heavy atom. The molecule has 6 rings (SSSR count). The van der Waals surface area contributed by atoms with Gasteiger partial charge >= 0.3 is 0 Å². The van der Waals surface area contributed by atoms with Gasteiger partial charge in [-0.2, -0.15) is 0 Å². The van der Waals surface area contributed by atoms with Gasteiger partial charge in [0.2, 0.25) is 5.78 Å². The maximum absolute atomic E-state index is 14.5. The smallest absolute Gasteiger partial charge is 0.259 e. The number of hydrogen-bond acceptors (Lipinski definition) is 4. The number of ether oxygens (including phenoxy) is 1. The molecule has 0 N–H and O–H groups in total. The second-order valence-corrected chi connectivity index (χ2v) is 10.7. The van der Waals surface area contributed by atoms with Crippen molar-refractivity contribution in [3.05, 3.63) is 52.1 Å². The maximum Gasteiger partial charge on any atom is 0.259 e. The zero-order chi connectivity index (χ0) is 21.9. The van der Waals surface area contributed by atoms with Gasteiger partial charge < -0.3 is 4.74 Å². The van der Waals surface area contributed by atoms with E-state index in [9.17, 15) is 4.79 Å². The number of rotatable bonds is 1. The van der Waals surface area contributed by atoms with Crippen LogP contribution in [-0.4, -0.2) is 31.4 Å². The molecule has 0 bridgehead atoms. The van der Waals surface area contributed by atoms with E-state index < -0.39 is 0 Å². The molecule has 1 aromatic carbocycles. The van der Waals surface area contributed by atoms with Gasteiger partial charge in [0.25, 0.3) is 5.56 Å². The van der Waals surface area contributed by atoms with Crippen molar-refractivity contribution in [2.24, 2.45) is 0 Å². The second kappa shape index (κ2) is 7.27. The van der Waals surface area contributed by atoms with E-state index in [1.165, 1.54) is 36.8 Å². The lowest BCUT2D eigenvalue weighted by Gasteiger charge is -2.41. The predicted octanol–water partition coefficient (Wildman–Crippen LogP) is 4.84. The first-order chi connectivity index (χ1) is 15.5. The van der Waals surface area contributed by atoms with Gasteiger partial charge in [-0.15, -0.1) is 10.2 Å². The molecule has 168 valence electrons. The molecule has 3 aliphatic rings. The fraction of sp³-hybridized carbons (Fsp3) is 0.577. The van der Waals surface area contributed by atoms with E-state index in [2.05, 4.69) is 52.7 Å². The van der Waals surface area contributed by atoms with Crippen LogP contribution in [0.3, 0.4) is 0 Å². The van der Waals surface area contributed by atoms with Crippen LogP contribution in [0.2, 0.25) is 0 Å². The summed E-state index contributed by atoms with van der Waals surface area (Å²) in [6.45, 7) is 4.90. The number of benzene rings is 1. The quantitative estimate of drug-likeness (QED) is 0.552. The number of fused-ring (bicyclic) bond motifs is 6. The highest BCUT2D eigenvalue weighted by Gasteiger charge is 2.44. The van der Waals surface area contributed by atoms with Gasteiger partial charge in [0.1, 0.15) is 6.33 Å². The van der Waals surface area contributed by atoms with Crippen molar-refractivity contribution in [3.63, 3.8) is 0 Å². The molecule has 0 radical (unpaired) electrons. The van der Waals surface area contributed by atoms with E-state index in [0.29, 0.717) is 12.4 Å². The lowest BCUT2D eigenvalue weighted by molar-refractivity contribution is -0.0691. The fourth-order valence-electron chi connectivity index (χ4n) is 6.67. The lowest BCUT2D eigenvalue weighted by Crippen LogP contribution is -2.45. The molecule has 1 atom stereocenters. The monoisotopic (exact) mass is 432 g/mol. The van der Waals surface area contributed by atoms with Gasteiger partial charge in [0.15, 0.2) is 0 Å². The highest BCUT2D eigenvalue weighted by molar-refractivity contribution is 5.73. The summed E-state index contributed by atoms with van der Waals surface area (Å²) in [4.78, 5) is 14.5. The van der Waals surface area contributed by atoms with Crippen molar-refractivity contribution in [3.8, 4) is 11.3 Å². The summed E-state index contributed by atoms with van der Waals surface area (Å²) in [6.07, 6.45) is 11.4. The molecular weight excluding hydrogens is 400 g/mol. The lowest BCUT2D eigenvalue weighted by atomic mass is 9.65. The molecule has 2 aliphatic carbocycles. The average molecular weight is 433 g/mol. The Balaban J connectivity index is 1.67. The second-order valence-electron chi connectivity index (χ2n) is 10.7. The summed E-state index contributed by atoms with van der Waals surface area (Å²) in [5.41, 5.74) is 4.36. The van der Waals surface area contributed by atoms with Crippen LogP contribution >= 0.6 is 0 Å². The van der Waals surface area contributed by atoms with Crippen LogP contribution in [0.15, 0.2) is 35.4 Å². The average Bonchev–Trinajstić information content (AvgIpc) is 3.13. The minimum absolute atomic E-state index is 0.0725. The van der Waals surface area contributed by atoms with Crippen LogP contribution in [0.25, 0.3) is 17.0 Å². The van der Waals surface area contributed by atoms with E-state index in [0.717, 1.165) is 43.4 Å². The Kier molecular flexibility index (Phi) is 4.58. The van der Waals surface area contributed by atoms with E-state index in [-0.39, 0.29) is 22.6 Å². The Bertz CT molecular complexity index is 1230. The molecule has 6 nitrogen and oxygen atoms in total. The predicted molar refractivity (Wildman–Crippen MR) is 124 cm³/mol. The summed E-state index contributed by atoms with van der Waals surface area (Å²) in [6, 6.07) is 8.69. The third-order valence-corrected chi connectivity index (χ3v) is 8.08. The minimum atomic E-state index is -0.248. The van der Waals surface area contributed by atoms with Gasteiger partial charge in [-0.05, 0) is 51.5 Å². The van der Waals surface area contributed by atoms with E-state index in [1.807, 2.05) is 4.57 Å². The normalized spacial score (nSPS) is 24.1. The number of hydrogen-bond donors (Lipinski definition) is 0. The molecule has 1 aliphatic heterocycles. The zero-order valence-corrected chi connectivity index (χ0v) is 19.1. The van der Waals surface area contributed by atoms with Crippen LogP contribution in [0, 0.1) is 0 Å². The minimum Gasteiger partial charge on any atom is -0.375 e. The topological polar surface area (TPSA) is 61.4 Å². The van der Waals surface area contributed by atoms with E-state index in [4.69, 9.17) is 4.74 Å². The molecule has 2 fully saturated rings. The summed E-state index contributed by atoms with van der Waals surface area (Å²) in [5.74, 6) is 0.664. The molecule has 0 amide bonds. The van der Waals surface area contributed by atoms with Gasteiger partial charge in [-0.3, -0.25) is 13.8 Å². The van der Waals surface area contributed by atoms with Gasteiger partial charge in [0, 0.05) is 29.2 Å². The SMILES string of the molecule is CC1(C)CC(n2c(=O)c3c(n4cnnc24)-c2ccccc2CC32CCCCCC2)CCO1. The molecule has 3 heterocycles. The standard InChI is InChI=1S/C26H32N4O2/c1-25(2)16-19(11-14-32-25)30-23(31)21-22(29-17-27-28-24(29)30)20-10-6-5-9-18(20)15-26(21)12-7-3-4-8-13-26/h5-6,9-10,17,19H,3-4,7-8,11-16H2,1-2H3. The van der Waals surface area contributed by atoms with Crippen molar-refractivity contribution < 1.29 is 4.74 Å². The van der Waals surface area contributed by atoms with Gasteiger partial charge in [-0.1, -0.05) is 49.9 Å².